The van der Waals surface area contributed by atoms with Gasteiger partial charge in [-0.05, 0) is 17.7 Å². The molecule has 1 aromatic carbocycles. The Bertz CT molecular complexity index is 411. The standard InChI is InChI=1S/C14H21N3OS.2ClH/c15-11-12-1-3-13(4-2-12)14(18)16-5-6-17-7-9-19-10-8-17;;/h1-4H,5-11,15H2,(H,16,18);2*1H. The third kappa shape index (κ3) is 6.89. The van der Waals surface area contributed by atoms with E-state index in [0.29, 0.717) is 18.7 Å². The number of nitrogens with two attached hydrogens (primary N) is 1. The largest absolute Gasteiger partial charge is 0.351 e. The molecule has 1 aliphatic rings. The second-order valence-electron chi connectivity index (χ2n) is 4.61. The minimum Gasteiger partial charge on any atom is -0.351 e. The molecule has 3 N–H and O–H groups in total. The third-order valence-electron chi connectivity index (χ3n) is 3.27. The van der Waals surface area contributed by atoms with Gasteiger partial charge >= 0.3 is 0 Å². The molecule has 2 rings (SSSR count). The number of hydrogen-bond acceptors (Lipinski definition) is 4. The van der Waals surface area contributed by atoms with Gasteiger partial charge < -0.3 is 11.1 Å². The van der Waals surface area contributed by atoms with Crippen LogP contribution >= 0.6 is 36.6 Å². The van der Waals surface area contributed by atoms with Crippen molar-refractivity contribution in [2.75, 3.05) is 37.7 Å². The molecule has 0 aliphatic carbocycles. The van der Waals surface area contributed by atoms with Crippen LogP contribution in [0.15, 0.2) is 24.3 Å². The van der Waals surface area contributed by atoms with Crippen molar-refractivity contribution in [2.45, 2.75) is 6.54 Å². The van der Waals surface area contributed by atoms with Gasteiger partial charge in [-0.15, -0.1) is 24.8 Å². The van der Waals surface area contributed by atoms with E-state index in [0.717, 1.165) is 25.2 Å². The van der Waals surface area contributed by atoms with Crippen molar-refractivity contribution in [1.29, 1.82) is 0 Å². The van der Waals surface area contributed by atoms with E-state index in [-0.39, 0.29) is 30.7 Å². The molecule has 0 spiro atoms. The molecule has 0 bridgehead atoms. The normalized spacial score (nSPS) is 14.7. The van der Waals surface area contributed by atoms with Crippen LogP contribution in [0, 0.1) is 0 Å². The number of nitrogens with zero attached hydrogens (tertiary/aromatic N) is 1. The third-order valence-corrected chi connectivity index (χ3v) is 4.21. The van der Waals surface area contributed by atoms with Crippen LogP contribution in [0.3, 0.4) is 0 Å². The summed E-state index contributed by atoms with van der Waals surface area (Å²) in [7, 11) is 0. The van der Waals surface area contributed by atoms with Gasteiger partial charge in [0.25, 0.3) is 5.91 Å². The molecule has 0 unspecified atom stereocenters. The van der Waals surface area contributed by atoms with Crippen LogP contribution in [0.2, 0.25) is 0 Å². The summed E-state index contributed by atoms with van der Waals surface area (Å²) in [6.07, 6.45) is 0. The lowest BCUT2D eigenvalue weighted by atomic mass is 10.1. The molecule has 21 heavy (non-hydrogen) atoms. The fourth-order valence-electron chi connectivity index (χ4n) is 2.05. The molecule has 4 nitrogen and oxygen atoms in total. The first-order valence-corrected chi connectivity index (χ1v) is 7.82. The van der Waals surface area contributed by atoms with Crippen LogP contribution in [-0.4, -0.2) is 48.5 Å². The topological polar surface area (TPSA) is 58.4 Å². The fraction of sp³-hybridized carbons (Fsp3) is 0.500. The van der Waals surface area contributed by atoms with Crippen LogP contribution < -0.4 is 11.1 Å². The summed E-state index contributed by atoms with van der Waals surface area (Å²) >= 11 is 2.00. The molecule has 0 atom stereocenters. The number of carbonyl (C=O) groups is 1. The average molecular weight is 352 g/mol. The predicted molar refractivity (Wildman–Crippen MR) is 94.9 cm³/mol. The Morgan fingerprint density at radius 1 is 1.19 bits per heavy atom. The molecular weight excluding hydrogens is 329 g/mol. The van der Waals surface area contributed by atoms with E-state index in [4.69, 9.17) is 5.73 Å². The van der Waals surface area contributed by atoms with Gasteiger partial charge in [0.2, 0.25) is 0 Å². The van der Waals surface area contributed by atoms with Gasteiger partial charge in [-0.3, -0.25) is 9.69 Å². The van der Waals surface area contributed by atoms with E-state index >= 15 is 0 Å². The highest BCUT2D eigenvalue weighted by atomic mass is 35.5. The van der Waals surface area contributed by atoms with Gasteiger partial charge in [0.15, 0.2) is 0 Å². The van der Waals surface area contributed by atoms with Crippen molar-refractivity contribution >= 4 is 42.5 Å². The molecule has 7 heteroatoms. The summed E-state index contributed by atoms with van der Waals surface area (Å²) in [5.74, 6) is 2.40. The number of nitrogens with one attached hydrogen (secondary N) is 1. The van der Waals surface area contributed by atoms with Gasteiger partial charge in [0.1, 0.15) is 0 Å². The Morgan fingerprint density at radius 3 is 2.38 bits per heavy atom. The maximum absolute atomic E-state index is 11.9. The SMILES string of the molecule is Cl.Cl.NCc1ccc(C(=O)NCCN2CCSCC2)cc1. The molecule has 1 saturated heterocycles. The van der Waals surface area contributed by atoms with Gasteiger partial charge in [-0.25, -0.2) is 0 Å². The second kappa shape index (κ2) is 11.2. The first-order valence-electron chi connectivity index (χ1n) is 6.67. The van der Waals surface area contributed by atoms with E-state index in [9.17, 15) is 4.79 Å². The number of halogens is 2. The Hall–Kier alpha value is -0.460. The van der Waals surface area contributed by atoms with Crippen LogP contribution in [0.25, 0.3) is 0 Å². The summed E-state index contributed by atoms with van der Waals surface area (Å²) < 4.78 is 0. The number of amides is 1. The van der Waals surface area contributed by atoms with Gasteiger partial charge in [0, 0.05) is 49.8 Å². The van der Waals surface area contributed by atoms with Gasteiger partial charge in [-0.2, -0.15) is 11.8 Å². The van der Waals surface area contributed by atoms with Crippen molar-refractivity contribution in [3.05, 3.63) is 35.4 Å². The van der Waals surface area contributed by atoms with E-state index < -0.39 is 0 Å². The number of hydrogen-bond donors (Lipinski definition) is 2. The molecular formula is C14H23Cl2N3OS. The van der Waals surface area contributed by atoms with E-state index in [1.807, 2.05) is 36.0 Å². The molecule has 0 aromatic heterocycles. The quantitative estimate of drug-likeness (QED) is 0.848. The lowest BCUT2D eigenvalue weighted by molar-refractivity contribution is 0.0949. The Kier molecular flexibility index (Phi) is 10.9. The Morgan fingerprint density at radius 2 is 1.81 bits per heavy atom. The van der Waals surface area contributed by atoms with Crippen LogP contribution in [0.1, 0.15) is 15.9 Å². The highest BCUT2D eigenvalue weighted by molar-refractivity contribution is 7.99. The van der Waals surface area contributed by atoms with Crippen LogP contribution in [-0.2, 0) is 6.54 Å². The maximum atomic E-state index is 11.9. The number of rotatable bonds is 5. The Balaban J connectivity index is 0.00000200. The average Bonchev–Trinajstić information content (AvgIpc) is 2.48. The van der Waals surface area contributed by atoms with Crippen LogP contribution in [0.4, 0.5) is 0 Å². The molecule has 1 heterocycles. The summed E-state index contributed by atoms with van der Waals surface area (Å²) in [6, 6.07) is 7.46. The zero-order valence-electron chi connectivity index (χ0n) is 11.9. The minimum atomic E-state index is -0.00467. The van der Waals surface area contributed by atoms with Crippen molar-refractivity contribution in [3.63, 3.8) is 0 Å². The first kappa shape index (κ1) is 20.5. The monoisotopic (exact) mass is 351 g/mol. The highest BCUT2D eigenvalue weighted by Crippen LogP contribution is 2.08. The summed E-state index contributed by atoms with van der Waals surface area (Å²) in [6.45, 7) is 4.42. The van der Waals surface area contributed by atoms with Gasteiger partial charge in [0.05, 0.1) is 0 Å². The molecule has 1 aromatic rings. The zero-order chi connectivity index (χ0) is 13.5. The first-order chi connectivity index (χ1) is 9.29. The smallest absolute Gasteiger partial charge is 0.251 e. The van der Waals surface area contributed by atoms with Crippen molar-refractivity contribution < 1.29 is 4.79 Å². The molecule has 120 valence electrons. The molecule has 0 radical (unpaired) electrons. The maximum Gasteiger partial charge on any atom is 0.251 e. The zero-order valence-corrected chi connectivity index (χ0v) is 14.4. The summed E-state index contributed by atoms with van der Waals surface area (Å²) in [5, 5.41) is 2.97. The Labute approximate surface area is 143 Å². The number of thioether (sulfide) groups is 1. The van der Waals surface area contributed by atoms with E-state index in [2.05, 4.69) is 10.2 Å². The highest BCUT2D eigenvalue weighted by Gasteiger charge is 2.10. The van der Waals surface area contributed by atoms with Crippen LogP contribution in [0.5, 0.6) is 0 Å². The lowest BCUT2D eigenvalue weighted by Gasteiger charge is -2.25. The predicted octanol–water partition coefficient (Wildman–Crippen LogP) is 1.77. The lowest BCUT2D eigenvalue weighted by Crippen LogP contribution is -2.39. The molecule has 1 amide bonds. The fourth-order valence-corrected chi connectivity index (χ4v) is 3.03. The number of carbonyl (C=O) groups excluding carboxylic acids is 1. The van der Waals surface area contributed by atoms with E-state index in [1.165, 1.54) is 11.5 Å². The second-order valence-corrected chi connectivity index (χ2v) is 5.84. The minimum absolute atomic E-state index is 0. The van der Waals surface area contributed by atoms with Crippen molar-refractivity contribution in [1.82, 2.24) is 10.2 Å². The van der Waals surface area contributed by atoms with E-state index in [1.54, 1.807) is 0 Å². The summed E-state index contributed by atoms with van der Waals surface area (Å²) in [4.78, 5) is 14.3. The van der Waals surface area contributed by atoms with Crippen molar-refractivity contribution in [2.24, 2.45) is 5.73 Å². The molecule has 0 saturated carbocycles. The number of benzene rings is 1. The molecule has 1 fully saturated rings. The van der Waals surface area contributed by atoms with Crippen molar-refractivity contribution in [3.8, 4) is 0 Å². The summed E-state index contributed by atoms with van der Waals surface area (Å²) in [5.41, 5.74) is 7.28. The molecule has 1 aliphatic heterocycles. The van der Waals surface area contributed by atoms with Gasteiger partial charge in [-0.1, -0.05) is 12.1 Å².